The van der Waals surface area contributed by atoms with E-state index in [-0.39, 0.29) is 11.4 Å². The highest BCUT2D eigenvalue weighted by Crippen LogP contribution is 2.20. The fourth-order valence-corrected chi connectivity index (χ4v) is 3.62. The number of rotatable bonds is 5. The smallest absolute Gasteiger partial charge is 0.332 e. The molecule has 0 saturated carbocycles. The fourth-order valence-electron chi connectivity index (χ4n) is 1.96. The number of hydrogen-bond donors (Lipinski definition) is 2. The van der Waals surface area contributed by atoms with E-state index in [0.29, 0.717) is 17.3 Å². The largest absolute Gasteiger partial charge is 0.479 e. The highest BCUT2D eigenvalue weighted by Gasteiger charge is 2.31. The Labute approximate surface area is 125 Å². The maximum atomic E-state index is 12.1. The number of aliphatic carboxylic acids is 1. The van der Waals surface area contributed by atoms with E-state index in [9.17, 15) is 13.2 Å². The molecular formula is C12H14BrNO5S. The van der Waals surface area contributed by atoms with Gasteiger partial charge in [0.2, 0.25) is 10.0 Å². The van der Waals surface area contributed by atoms with Crippen molar-refractivity contribution in [3.05, 3.63) is 28.7 Å². The zero-order valence-corrected chi connectivity index (χ0v) is 12.9. The van der Waals surface area contributed by atoms with E-state index in [0.717, 1.165) is 0 Å². The third-order valence-electron chi connectivity index (χ3n) is 2.99. The average Bonchev–Trinajstić information content (AvgIpc) is 2.85. The zero-order valence-electron chi connectivity index (χ0n) is 10.5. The molecule has 2 rings (SSSR count). The van der Waals surface area contributed by atoms with Crippen LogP contribution in [0.25, 0.3) is 0 Å². The number of ether oxygens (including phenoxy) is 1. The van der Waals surface area contributed by atoms with Gasteiger partial charge in [-0.25, -0.2) is 17.9 Å². The Balaban J connectivity index is 1.95. The molecule has 8 heteroatoms. The van der Waals surface area contributed by atoms with Crippen LogP contribution in [0.5, 0.6) is 0 Å². The Morgan fingerprint density at radius 1 is 1.45 bits per heavy atom. The first kappa shape index (κ1) is 15.4. The monoisotopic (exact) mass is 363 g/mol. The molecule has 2 atom stereocenters. The van der Waals surface area contributed by atoms with Crippen molar-refractivity contribution in [3.8, 4) is 0 Å². The normalized spacial score (nSPS) is 22.9. The fraction of sp³-hybridized carbons (Fsp3) is 0.417. The van der Waals surface area contributed by atoms with Gasteiger partial charge in [-0.1, -0.05) is 22.0 Å². The van der Waals surface area contributed by atoms with Gasteiger partial charge in [0, 0.05) is 11.0 Å². The quantitative estimate of drug-likeness (QED) is 0.823. The van der Waals surface area contributed by atoms with Crippen molar-refractivity contribution < 1.29 is 23.1 Å². The van der Waals surface area contributed by atoms with Crippen molar-refractivity contribution in [2.24, 2.45) is 0 Å². The molecule has 1 heterocycles. The third-order valence-corrected chi connectivity index (χ3v) is 4.90. The number of nitrogens with one attached hydrogen (secondary N) is 1. The van der Waals surface area contributed by atoms with E-state index < -0.39 is 28.2 Å². The Hall–Kier alpha value is -0.960. The second-order valence-corrected chi connectivity index (χ2v) is 7.15. The summed E-state index contributed by atoms with van der Waals surface area (Å²) in [5.41, 5.74) is 0. The van der Waals surface area contributed by atoms with E-state index >= 15 is 0 Å². The molecular weight excluding hydrogens is 350 g/mol. The number of carbonyl (C=O) groups is 1. The predicted molar refractivity (Wildman–Crippen MR) is 74.9 cm³/mol. The summed E-state index contributed by atoms with van der Waals surface area (Å²) < 4.78 is 32.5. The highest BCUT2D eigenvalue weighted by atomic mass is 79.9. The van der Waals surface area contributed by atoms with Gasteiger partial charge in [0.15, 0.2) is 6.10 Å². The number of carboxylic acid groups (broad SMARTS) is 1. The molecule has 2 unspecified atom stereocenters. The van der Waals surface area contributed by atoms with Crippen LogP contribution in [0, 0.1) is 0 Å². The Morgan fingerprint density at radius 3 is 2.80 bits per heavy atom. The molecule has 2 N–H and O–H groups in total. The molecule has 1 fully saturated rings. The van der Waals surface area contributed by atoms with Gasteiger partial charge in [0.25, 0.3) is 0 Å². The molecule has 0 bridgehead atoms. The molecule has 20 heavy (non-hydrogen) atoms. The van der Waals surface area contributed by atoms with E-state index in [2.05, 4.69) is 20.7 Å². The van der Waals surface area contributed by atoms with Gasteiger partial charge in [0.05, 0.1) is 11.0 Å². The van der Waals surface area contributed by atoms with Crippen LogP contribution >= 0.6 is 15.9 Å². The van der Waals surface area contributed by atoms with Crippen molar-refractivity contribution in [2.75, 3.05) is 6.54 Å². The number of hydrogen-bond acceptors (Lipinski definition) is 4. The van der Waals surface area contributed by atoms with Crippen LogP contribution in [0.15, 0.2) is 33.6 Å². The predicted octanol–water partition coefficient (Wildman–Crippen LogP) is 1.36. The summed E-state index contributed by atoms with van der Waals surface area (Å²) in [6, 6.07) is 6.35. The van der Waals surface area contributed by atoms with Gasteiger partial charge in [-0.15, -0.1) is 0 Å². The zero-order chi connectivity index (χ0) is 14.8. The van der Waals surface area contributed by atoms with Crippen molar-refractivity contribution in [2.45, 2.75) is 29.9 Å². The molecule has 110 valence electrons. The standard InChI is InChI=1S/C12H14BrNO5S/c13-8-2-1-3-10(6-8)20(17,18)14-7-9-4-5-11(19-9)12(15)16/h1-3,6,9,11,14H,4-5,7H2,(H,15,16). The van der Waals surface area contributed by atoms with Crippen LogP contribution in [-0.4, -0.2) is 38.2 Å². The van der Waals surface area contributed by atoms with Gasteiger partial charge in [-0.05, 0) is 31.0 Å². The summed E-state index contributed by atoms with van der Waals surface area (Å²) in [5.74, 6) is -1.01. The Morgan fingerprint density at radius 2 is 2.20 bits per heavy atom. The van der Waals surface area contributed by atoms with Crippen LogP contribution in [0.3, 0.4) is 0 Å². The molecule has 1 saturated heterocycles. The van der Waals surface area contributed by atoms with Crippen LogP contribution in [0.4, 0.5) is 0 Å². The lowest BCUT2D eigenvalue weighted by atomic mass is 10.2. The van der Waals surface area contributed by atoms with E-state index in [1.165, 1.54) is 12.1 Å². The summed E-state index contributed by atoms with van der Waals surface area (Å²) in [6.07, 6.45) is -0.315. The summed E-state index contributed by atoms with van der Waals surface area (Å²) >= 11 is 3.21. The van der Waals surface area contributed by atoms with Gasteiger partial charge < -0.3 is 9.84 Å². The number of sulfonamides is 1. The van der Waals surface area contributed by atoms with Crippen molar-refractivity contribution in [1.82, 2.24) is 4.72 Å². The second-order valence-electron chi connectivity index (χ2n) is 4.47. The van der Waals surface area contributed by atoms with E-state index in [1.54, 1.807) is 12.1 Å². The minimum absolute atomic E-state index is 0.0681. The summed E-state index contributed by atoms with van der Waals surface area (Å²) in [6.45, 7) is 0.0681. The van der Waals surface area contributed by atoms with Crippen molar-refractivity contribution >= 4 is 31.9 Å². The minimum Gasteiger partial charge on any atom is -0.479 e. The molecule has 1 aromatic carbocycles. The molecule has 0 spiro atoms. The average molecular weight is 364 g/mol. The van der Waals surface area contributed by atoms with Crippen LogP contribution in [0.2, 0.25) is 0 Å². The molecule has 6 nitrogen and oxygen atoms in total. The maximum absolute atomic E-state index is 12.1. The number of carboxylic acids is 1. The van der Waals surface area contributed by atoms with Crippen molar-refractivity contribution in [3.63, 3.8) is 0 Å². The molecule has 1 aliphatic rings. The molecule has 0 aliphatic carbocycles. The Bertz CT molecular complexity index is 604. The summed E-state index contributed by atoms with van der Waals surface area (Å²) in [5, 5.41) is 8.80. The highest BCUT2D eigenvalue weighted by molar-refractivity contribution is 9.10. The van der Waals surface area contributed by atoms with Crippen LogP contribution in [0.1, 0.15) is 12.8 Å². The lowest BCUT2D eigenvalue weighted by Gasteiger charge is -2.12. The Kier molecular flexibility index (Phi) is 4.79. The lowest BCUT2D eigenvalue weighted by molar-refractivity contribution is -0.149. The second kappa shape index (κ2) is 6.21. The van der Waals surface area contributed by atoms with Gasteiger partial charge >= 0.3 is 5.97 Å². The molecule has 0 aromatic heterocycles. The van der Waals surface area contributed by atoms with Crippen LogP contribution < -0.4 is 4.72 Å². The number of halogens is 1. The molecule has 1 aromatic rings. The first-order valence-electron chi connectivity index (χ1n) is 6.02. The van der Waals surface area contributed by atoms with E-state index in [1.807, 2.05) is 0 Å². The maximum Gasteiger partial charge on any atom is 0.332 e. The summed E-state index contributed by atoms with van der Waals surface area (Å²) in [7, 11) is -3.62. The summed E-state index contributed by atoms with van der Waals surface area (Å²) in [4.78, 5) is 10.9. The van der Waals surface area contributed by atoms with Gasteiger partial charge in [-0.3, -0.25) is 0 Å². The first-order chi connectivity index (χ1) is 9.38. The van der Waals surface area contributed by atoms with E-state index in [4.69, 9.17) is 9.84 Å². The first-order valence-corrected chi connectivity index (χ1v) is 8.29. The van der Waals surface area contributed by atoms with Gasteiger partial charge in [-0.2, -0.15) is 0 Å². The van der Waals surface area contributed by atoms with Gasteiger partial charge in [0.1, 0.15) is 0 Å². The molecule has 0 amide bonds. The number of benzene rings is 1. The van der Waals surface area contributed by atoms with Crippen LogP contribution in [-0.2, 0) is 19.6 Å². The third kappa shape index (κ3) is 3.78. The minimum atomic E-state index is -3.62. The molecule has 0 radical (unpaired) electrons. The molecule has 1 aliphatic heterocycles. The van der Waals surface area contributed by atoms with Crippen molar-refractivity contribution in [1.29, 1.82) is 0 Å². The lowest BCUT2D eigenvalue weighted by Crippen LogP contribution is -2.33. The topological polar surface area (TPSA) is 92.7 Å². The SMILES string of the molecule is O=C(O)C1CCC(CNS(=O)(=O)c2cccc(Br)c2)O1.